The molecule has 30 heavy (non-hydrogen) atoms. The third-order valence-corrected chi connectivity index (χ3v) is 6.54. The molecule has 1 fully saturated rings. The number of rotatable bonds is 8. The summed E-state index contributed by atoms with van der Waals surface area (Å²) in [5.74, 6) is 5.61. The highest BCUT2D eigenvalue weighted by Crippen LogP contribution is 2.61. The third-order valence-electron chi connectivity index (χ3n) is 6.54. The van der Waals surface area contributed by atoms with Crippen LogP contribution < -0.4 is 28.4 Å². The first-order chi connectivity index (χ1) is 14.4. The van der Waals surface area contributed by atoms with Gasteiger partial charge in [0, 0.05) is 23.3 Å². The lowest BCUT2D eigenvalue weighted by molar-refractivity contribution is 0.117. The zero-order valence-corrected chi connectivity index (χ0v) is 19.1. The molecule has 0 bridgehead atoms. The molecule has 0 aromatic heterocycles. The van der Waals surface area contributed by atoms with Crippen LogP contribution in [0.1, 0.15) is 36.8 Å². The summed E-state index contributed by atoms with van der Waals surface area (Å²) in [4.78, 5) is 0. The Morgan fingerprint density at radius 1 is 0.433 bits per heavy atom. The zero-order chi connectivity index (χ0) is 22.0. The fourth-order valence-corrected chi connectivity index (χ4v) is 4.74. The van der Waals surface area contributed by atoms with Crippen LogP contribution in [-0.4, -0.2) is 42.7 Å². The second-order valence-electron chi connectivity index (χ2n) is 7.67. The van der Waals surface area contributed by atoms with E-state index in [0.717, 1.165) is 22.6 Å². The van der Waals surface area contributed by atoms with Crippen LogP contribution in [0, 0.1) is 11.8 Å². The predicted octanol–water partition coefficient (Wildman–Crippen LogP) is 4.89. The van der Waals surface area contributed by atoms with E-state index < -0.39 is 0 Å². The molecule has 2 aromatic rings. The first-order valence-electron chi connectivity index (χ1n) is 10.0. The first kappa shape index (κ1) is 21.9. The summed E-state index contributed by atoms with van der Waals surface area (Å²) in [5.41, 5.74) is 2.20. The van der Waals surface area contributed by atoms with E-state index in [4.69, 9.17) is 28.4 Å². The summed E-state index contributed by atoms with van der Waals surface area (Å²) in [6.07, 6.45) is 0. The van der Waals surface area contributed by atoms with E-state index in [1.807, 2.05) is 24.3 Å². The van der Waals surface area contributed by atoms with Gasteiger partial charge in [0.05, 0.1) is 42.7 Å². The molecule has 1 saturated carbocycles. The van der Waals surface area contributed by atoms with Gasteiger partial charge in [-0.15, -0.1) is 0 Å². The molecule has 2 aromatic carbocycles. The quantitative estimate of drug-likeness (QED) is 0.611. The molecule has 0 radical (unpaired) electrons. The molecular weight excluding hydrogens is 384 g/mol. The summed E-state index contributed by atoms with van der Waals surface area (Å²) in [5, 5.41) is 0. The Morgan fingerprint density at radius 2 is 0.700 bits per heavy atom. The monoisotopic (exact) mass is 416 g/mol. The average Bonchev–Trinajstić information content (AvgIpc) is 2.79. The van der Waals surface area contributed by atoms with Crippen molar-refractivity contribution >= 4 is 0 Å². The van der Waals surface area contributed by atoms with Crippen molar-refractivity contribution in [3.05, 3.63) is 35.4 Å². The molecule has 0 N–H and O–H groups in total. The van der Waals surface area contributed by atoms with E-state index in [9.17, 15) is 0 Å². The summed E-state index contributed by atoms with van der Waals surface area (Å²) < 4.78 is 33.5. The van der Waals surface area contributed by atoms with E-state index in [-0.39, 0.29) is 11.8 Å². The van der Waals surface area contributed by atoms with E-state index in [1.165, 1.54) is 0 Å². The number of hydrogen-bond acceptors (Lipinski definition) is 6. The average molecular weight is 417 g/mol. The van der Waals surface area contributed by atoms with Gasteiger partial charge < -0.3 is 28.4 Å². The molecule has 0 aliphatic heterocycles. The van der Waals surface area contributed by atoms with Gasteiger partial charge in [0.2, 0.25) is 0 Å². The van der Waals surface area contributed by atoms with Crippen LogP contribution in [0.5, 0.6) is 34.5 Å². The van der Waals surface area contributed by atoms with Crippen molar-refractivity contribution in [2.24, 2.45) is 11.8 Å². The van der Waals surface area contributed by atoms with Gasteiger partial charge in [-0.2, -0.15) is 0 Å². The molecule has 0 saturated heterocycles. The van der Waals surface area contributed by atoms with Gasteiger partial charge in [0.1, 0.15) is 11.5 Å². The van der Waals surface area contributed by atoms with Crippen molar-refractivity contribution in [1.29, 1.82) is 0 Å². The number of benzene rings is 2. The van der Waals surface area contributed by atoms with Crippen LogP contribution in [0.3, 0.4) is 0 Å². The fourth-order valence-electron chi connectivity index (χ4n) is 4.74. The lowest BCUT2D eigenvalue weighted by Gasteiger charge is -2.50. The number of ether oxygens (including phenoxy) is 6. The minimum Gasteiger partial charge on any atom is -0.496 e. The van der Waals surface area contributed by atoms with Crippen molar-refractivity contribution in [2.75, 3.05) is 42.7 Å². The van der Waals surface area contributed by atoms with E-state index >= 15 is 0 Å². The topological polar surface area (TPSA) is 55.4 Å². The van der Waals surface area contributed by atoms with E-state index in [1.54, 1.807) is 42.7 Å². The van der Waals surface area contributed by atoms with Crippen molar-refractivity contribution in [3.8, 4) is 34.5 Å². The Morgan fingerprint density at radius 3 is 0.967 bits per heavy atom. The van der Waals surface area contributed by atoms with E-state index in [0.29, 0.717) is 34.8 Å². The van der Waals surface area contributed by atoms with Crippen molar-refractivity contribution in [3.63, 3.8) is 0 Å². The lowest BCUT2D eigenvalue weighted by atomic mass is 9.53. The Labute approximate surface area is 179 Å². The SMILES string of the molecule is COc1cc(OC)c(C2[C@@H](C)C(C)[C@H]2c2cc(OC)c(OC)cc2OC)cc1OC. The lowest BCUT2D eigenvalue weighted by Crippen LogP contribution is -2.40. The largest absolute Gasteiger partial charge is 0.496 e. The summed E-state index contributed by atoms with van der Waals surface area (Å²) in [6.45, 7) is 4.55. The Bertz CT molecular complexity index is 820. The van der Waals surface area contributed by atoms with Gasteiger partial charge in [0.15, 0.2) is 23.0 Å². The van der Waals surface area contributed by atoms with Gasteiger partial charge >= 0.3 is 0 Å². The summed E-state index contributed by atoms with van der Waals surface area (Å²) in [6, 6.07) is 7.86. The maximum absolute atomic E-state index is 5.74. The minimum absolute atomic E-state index is 0.224. The molecule has 6 heteroatoms. The Kier molecular flexibility index (Phi) is 6.54. The number of hydrogen-bond donors (Lipinski definition) is 0. The Hall–Kier alpha value is -2.76. The normalized spacial score (nSPS) is 22.7. The van der Waals surface area contributed by atoms with Crippen molar-refractivity contribution < 1.29 is 28.4 Å². The maximum atomic E-state index is 5.74. The highest BCUT2D eigenvalue weighted by molar-refractivity contribution is 5.57. The number of methoxy groups -OCH3 is 6. The van der Waals surface area contributed by atoms with Crippen LogP contribution >= 0.6 is 0 Å². The highest BCUT2D eigenvalue weighted by atomic mass is 16.5. The molecule has 6 nitrogen and oxygen atoms in total. The van der Waals surface area contributed by atoms with Crippen LogP contribution in [-0.2, 0) is 0 Å². The fraction of sp³-hybridized carbons (Fsp3) is 0.500. The molecule has 1 aliphatic carbocycles. The third kappa shape index (κ3) is 3.48. The minimum atomic E-state index is 0.224. The molecular formula is C24H32O6. The van der Waals surface area contributed by atoms with E-state index in [2.05, 4.69) is 13.8 Å². The Balaban J connectivity index is 2.14. The first-order valence-corrected chi connectivity index (χ1v) is 10.0. The molecule has 4 atom stereocenters. The second-order valence-corrected chi connectivity index (χ2v) is 7.67. The van der Waals surface area contributed by atoms with Gasteiger partial charge in [-0.25, -0.2) is 0 Å². The van der Waals surface area contributed by atoms with Crippen LogP contribution in [0.2, 0.25) is 0 Å². The standard InChI is InChI=1S/C24H32O6/c1-13-14(2)24(16-10-20(28-6)22(30-8)12-18(16)26-4)23(13)15-9-19(27-5)21(29-7)11-17(15)25-3/h9-14,23-24H,1-8H3/t13-,14?,23?,24-/m0/s1. The maximum Gasteiger partial charge on any atom is 0.164 e. The summed E-state index contributed by atoms with van der Waals surface area (Å²) in [7, 11) is 9.92. The molecule has 164 valence electrons. The van der Waals surface area contributed by atoms with Crippen LogP contribution in [0.4, 0.5) is 0 Å². The molecule has 3 rings (SSSR count). The second kappa shape index (κ2) is 8.94. The smallest absolute Gasteiger partial charge is 0.164 e. The zero-order valence-electron chi connectivity index (χ0n) is 19.1. The van der Waals surface area contributed by atoms with Gasteiger partial charge in [-0.05, 0) is 35.8 Å². The van der Waals surface area contributed by atoms with Crippen molar-refractivity contribution in [2.45, 2.75) is 25.7 Å². The summed E-state index contributed by atoms with van der Waals surface area (Å²) >= 11 is 0. The van der Waals surface area contributed by atoms with Crippen LogP contribution in [0.25, 0.3) is 0 Å². The van der Waals surface area contributed by atoms with Crippen molar-refractivity contribution in [1.82, 2.24) is 0 Å². The predicted molar refractivity (Wildman–Crippen MR) is 116 cm³/mol. The molecule has 2 unspecified atom stereocenters. The van der Waals surface area contributed by atoms with Crippen LogP contribution in [0.15, 0.2) is 24.3 Å². The molecule has 0 spiro atoms. The molecule has 0 amide bonds. The highest BCUT2D eigenvalue weighted by Gasteiger charge is 2.49. The van der Waals surface area contributed by atoms with Gasteiger partial charge in [0.25, 0.3) is 0 Å². The molecule has 1 aliphatic rings. The van der Waals surface area contributed by atoms with Gasteiger partial charge in [-0.3, -0.25) is 0 Å². The molecule has 0 heterocycles. The van der Waals surface area contributed by atoms with Gasteiger partial charge in [-0.1, -0.05) is 13.8 Å².